The molecule has 1 unspecified atom stereocenters. The summed E-state index contributed by atoms with van der Waals surface area (Å²) >= 11 is 7.56. The van der Waals surface area contributed by atoms with E-state index in [4.69, 9.17) is 11.6 Å². The average molecular weight is 584 g/mol. The van der Waals surface area contributed by atoms with Gasteiger partial charge in [-0.05, 0) is 86.5 Å². The van der Waals surface area contributed by atoms with Crippen molar-refractivity contribution < 1.29 is 14.4 Å². The Labute approximate surface area is 249 Å². The van der Waals surface area contributed by atoms with Gasteiger partial charge in [0.2, 0.25) is 5.91 Å². The Hall–Kier alpha value is -4.33. The largest absolute Gasteiger partial charge is 0.325 e. The summed E-state index contributed by atoms with van der Waals surface area (Å²) in [7, 11) is 0. The second kappa shape index (κ2) is 13.8. The van der Waals surface area contributed by atoms with Crippen molar-refractivity contribution in [3.8, 4) is 0 Å². The van der Waals surface area contributed by atoms with Crippen LogP contribution in [0.25, 0.3) is 6.08 Å². The Morgan fingerprint density at radius 2 is 1.51 bits per heavy atom. The molecule has 0 aromatic heterocycles. The predicted molar refractivity (Wildman–Crippen MR) is 168 cm³/mol. The zero-order valence-electron chi connectivity index (χ0n) is 22.9. The Kier molecular flexibility index (Phi) is 10.0. The van der Waals surface area contributed by atoms with Crippen molar-refractivity contribution in [3.05, 3.63) is 130 Å². The first-order valence-corrected chi connectivity index (χ1v) is 14.2. The van der Waals surface area contributed by atoms with E-state index in [9.17, 15) is 14.4 Å². The minimum absolute atomic E-state index is 0.115. The van der Waals surface area contributed by atoms with Crippen molar-refractivity contribution in [2.45, 2.75) is 30.9 Å². The fourth-order valence-electron chi connectivity index (χ4n) is 3.86. The molecule has 0 aliphatic heterocycles. The van der Waals surface area contributed by atoms with Crippen molar-refractivity contribution in [3.63, 3.8) is 0 Å². The third kappa shape index (κ3) is 8.58. The van der Waals surface area contributed by atoms with E-state index in [2.05, 4.69) is 16.0 Å². The van der Waals surface area contributed by atoms with Crippen LogP contribution >= 0.6 is 23.4 Å². The summed E-state index contributed by atoms with van der Waals surface area (Å²) in [5.74, 6) is -0.986. The van der Waals surface area contributed by atoms with Gasteiger partial charge in [-0.3, -0.25) is 14.4 Å². The van der Waals surface area contributed by atoms with Crippen LogP contribution in [-0.2, 0) is 9.59 Å². The molecule has 4 aromatic carbocycles. The second-order valence-electron chi connectivity index (χ2n) is 9.48. The summed E-state index contributed by atoms with van der Waals surface area (Å²) in [6.07, 6.45) is 1.65. The van der Waals surface area contributed by atoms with Gasteiger partial charge in [-0.15, -0.1) is 11.8 Å². The standard InChI is InChI=1S/C33H30ClN3O3S/c1-21-8-7-9-24(18-21)19-30(37-32(39)25-10-5-4-6-11-25)33(40)35-26-14-16-28(17-15-26)41-23(3)31(38)36-27-13-12-22(2)29(34)20-27/h4-20,23H,1-3H3,(H,35,40)(H,36,38)(H,37,39)/b30-19-. The van der Waals surface area contributed by atoms with Crippen LogP contribution in [0.4, 0.5) is 11.4 Å². The van der Waals surface area contributed by atoms with Gasteiger partial charge in [-0.1, -0.05) is 65.7 Å². The lowest BCUT2D eigenvalue weighted by Gasteiger charge is -2.14. The van der Waals surface area contributed by atoms with E-state index in [1.807, 2.05) is 75.4 Å². The van der Waals surface area contributed by atoms with E-state index < -0.39 is 5.91 Å². The number of benzene rings is 4. The SMILES string of the molecule is Cc1cccc(/C=C(\NC(=O)c2ccccc2)C(=O)Nc2ccc(SC(C)C(=O)Nc3ccc(C)c(Cl)c3)cc2)c1. The highest BCUT2D eigenvalue weighted by atomic mass is 35.5. The number of thioether (sulfide) groups is 1. The molecule has 3 amide bonds. The van der Waals surface area contributed by atoms with Crippen molar-refractivity contribution in [1.29, 1.82) is 0 Å². The highest BCUT2D eigenvalue weighted by Crippen LogP contribution is 2.27. The highest BCUT2D eigenvalue weighted by Gasteiger charge is 2.17. The Morgan fingerprint density at radius 1 is 0.805 bits per heavy atom. The van der Waals surface area contributed by atoms with Crippen molar-refractivity contribution in [2.75, 3.05) is 10.6 Å². The molecular weight excluding hydrogens is 554 g/mol. The predicted octanol–water partition coefficient (Wildman–Crippen LogP) is 7.49. The molecule has 0 saturated heterocycles. The molecule has 208 valence electrons. The summed E-state index contributed by atoms with van der Waals surface area (Å²) in [5, 5.41) is 8.72. The maximum atomic E-state index is 13.3. The molecule has 0 saturated carbocycles. The number of carbonyl (C=O) groups is 3. The van der Waals surface area contributed by atoms with Crippen molar-refractivity contribution >= 4 is 58.5 Å². The van der Waals surface area contributed by atoms with E-state index in [-0.39, 0.29) is 22.8 Å². The zero-order chi connectivity index (χ0) is 29.4. The molecular formula is C33H30ClN3O3S. The van der Waals surface area contributed by atoms with Gasteiger partial charge < -0.3 is 16.0 Å². The Balaban J connectivity index is 1.42. The first kappa shape index (κ1) is 29.6. The van der Waals surface area contributed by atoms with Gasteiger partial charge in [0.15, 0.2) is 0 Å². The summed E-state index contributed by atoms with van der Waals surface area (Å²) in [6.45, 7) is 5.69. The molecule has 0 aliphatic rings. The molecule has 0 aliphatic carbocycles. The van der Waals surface area contributed by atoms with Gasteiger partial charge in [-0.25, -0.2) is 0 Å². The van der Waals surface area contributed by atoms with Gasteiger partial charge >= 0.3 is 0 Å². The molecule has 0 radical (unpaired) electrons. The number of anilines is 2. The van der Waals surface area contributed by atoms with Gasteiger partial charge in [-0.2, -0.15) is 0 Å². The number of carbonyl (C=O) groups excluding carboxylic acids is 3. The molecule has 1 atom stereocenters. The van der Waals surface area contributed by atoms with E-state index in [0.717, 1.165) is 21.6 Å². The zero-order valence-corrected chi connectivity index (χ0v) is 24.5. The first-order chi connectivity index (χ1) is 19.7. The highest BCUT2D eigenvalue weighted by molar-refractivity contribution is 8.00. The minimum atomic E-state index is -0.458. The molecule has 41 heavy (non-hydrogen) atoms. The van der Waals surface area contributed by atoms with E-state index >= 15 is 0 Å². The van der Waals surface area contributed by atoms with E-state index in [0.29, 0.717) is 22.0 Å². The normalized spacial score (nSPS) is 11.9. The molecule has 6 nitrogen and oxygen atoms in total. The first-order valence-electron chi connectivity index (χ1n) is 13.0. The van der Waals surface area contributed by atoms with Gasteiger partial charge in [0, 0.05) is 26.9 Å². The maximum Gasteiger partial charge on any atom is 0.272 e. The number of rotatable bonds is 9. The number of hydrogen-bond acceptors (Lipinski definition) is 4. The van der Waals surface area contributed by atoms with Crippen LogP contribution in [0.15, 0.2) is 108 Å². The van der Waals surface area contributed by atoms with Crippen LogP contribution in [0.2, 0.25) is 5.02 Å². The number of nitrogens with one attached hydrogen (secondary N) is 3. The van der Waals surface area contributed by atoms with Crippen molar-refractivity contribution in [1.82, 2.24) is 5.32 Å². The van der Waals surface area contributed by atoms with Gasteiger partial charge in [0.1, 0.15) is 5.70 Å². The smallest absolute Gasteiger partial charge is 0.272 e. The third-order valence-corrected chi connectivity index (χ3v) is 7.63. The topological polar surface area (TPSA) is 87.3 Å². The van der Waals surface area contributed by atoms with Crippen molar-refractivity contribution in [2.24, 2.45) is 0 Å². The van der Waals surface area contributed by atoms with E-state index in [1.54, 1.807) is 48.5 Å². The molecule has 4 aromatic rings. The summed E-state index contributed by atoms with van der Waals surface area (Å²) in [6, 6.07) is 29.0. The lowest BCUT2D eigenvalue weighted by molar-refractivity contribution is -0.115. The number of halogens is 1. The molecule has 4 rings (SSSR count). The maximum absolute atomic E-state index is 13.3. The molecule has 0 spiro atoms. The monoisotopic (exact) mass is 583 g/mol. The lowest BCUT2D eigenvalue weighted by atomic mass is 10.1. The van der Waals surface area contributed by atoms with Crippen LogP contribution in [-0.4, -0.2) is 23.0 Å². The number of amides is 3. The summed E-state index contributed by atoms with van der Waals surface area (Å²) in [4.78, 5) is 39.7. The fraction of sp³-hybridized carbons (Fsp3) is 0.121. The van der Waals surface area contributed by atoms with Crippen LogP contribution < -0.4 is 16.0 Å². The van der Waals surface area contributed by atoms with Gasteiger partial charge in [0.05, 0.1) is 5.25 Å². The fourth-order valence-corrected chi connectivity index (χ4v) is 4.90. The van der Waals surface area contributed by atoms with Crippen LogP contribution in [0.3, 0.4) is 0 Å². The molecule has 0 bridgehead atoms. The average Bonchev–Trinajstić information content (AvgIpc) is 2.96. The molecule has 3 N–H and O–H groups in total. The number of hydrogen-bond donors (Lipinski definition) is 3. The lowest BCUT2D eigenvalue weighted by Crippen LogP contribution is -2.30. The van der Waals surface area contributed by atoms with Crippen LogP contribution in [0.5, 0.6) is 0 Å². The second-order valence-corrected chi connectivity index (χ2v) is 11.3. The van der Waals surface area contributed by atoms with Gasteiger partial charge in [0.25, 0.3) is 11.8 Å². The number of aryl methyl sites for hydroxylation is 2. The minimum Gasteiger partial charge on any atom is -0.325 e. The molecule has 8 heteroatoms. The summed E-state index contributed by atoms with van der Waals surface area (Å²) < 4.78 is 0. The molecule has 0 fully saturated rings. The Morgan fingerprint density at radius 3 is 2.20 bits per heavy atom. The summed E-state index contributed by atoms with van der Waals surface area (Å²) in [5.41, 5.74) is 4.52. The van der Waals surface area contributed by atoms with Crippen LogP contribution in [0, 0.1) is 13.8 Å². The van der Waals surface area contributed by atoms with Crippen LogP contribution in [0.1, 0.15) is 34.0 Å². The third-order valence-electron chi connectivity index (χ3n) is 6.12. The quantitative estimate of drug-likeness (QED) is 0.141. The van der Waals surface area contributed by atoms with E-state index in [1.165, 1.54) is 11.8 Å². The Bertz CT molecular complexity index is 1590. The molecule has 0 heterocycles.